The summed E-state index contributed by atoms with van der Waals surface area (Å²) in [5.41, 5.74) is 3.54. The Hall–Kier alpha value is -1.61. The lowest BCUT2D eigenvalue weighted by Gasteiger charge is -2.00. The second-order valence-corrected chi connectivity index (χ2v) is 4.29. The summed E-state index contributed by atoms with van der Waals surface area (Å²) in [7, 11) is 0. The van der Waals surface area contributed by atoms with E-state index in [2.05, 4.69) is 53.4 Å². The second kappa shape index (κ2) is 5.64. The highest BCUT2D eigenvalue weighted by Gasteiger charge is 2.02. The number of aromatic nitrogens is 2. The van der Waals surface area contributed by atoms with Crippen LogP contribution in [0.25, 0.3) is 11.3 Å². The molecule has 3 heteroatoms. The molecular formula is C14H19N3. The van der Waals surface area contributed by atoms with Gasteiger partial charge in [0.15, 0.2) is 0 Å². The molecule has 0 radical (unpaired) electrons. The van der Waals surface area contributed by atoms with Crippen molar-refractivity contribution in [2.75, 3.05) is 6.54 Å². The Balaban J connectivity index is 2.04. The quantitative estimate of drug-likeness (QED) is 0.774. The zero-order chi connectivity index (χ0) is 12.1. The molecule has 90 valence electrons. The summed E-state index contributed by atoms with van der Waals surface area (Å²) in [5.74, 6) is 0.994. The van der Waals surface area contributed by atoms with Gasteiger partial charge in [0.05, 0.1) is 18.4 Å². The van der Waals surface area contributed by atoms with Gasteiger partial charge in [-0.05, 0) is 25.5 Å². The monoisotopic (exact) mass is 229 g/mol. The molecule has 0 fully saturated rings. The predicted molar refractivity (Wildman–Crippen MR) is 70.8 cm³/mol. The number of aromatic amines is 1. The molecule has 0 amide bonds. The number of hydrogen-bond acceptors (Lipinski definition) is 2. The van der Waals surface area contributed by atoms with Crippen molar-refractivity contribution in [2.24, 2.45) is 0 Å². The second-order valence-electron chi connectivity index (χ2n) is 4.29. The maximum atomic E-state index is 4.37. The van der Waals surface area contributed by atoms with Crippen LogP contribution in [0.15, 0.2) is 30.5 Å². The molecule has 0 unspecified atom stereocenters. The molecule has 0 saturated heterocycles. The fourth-order valence-corrected chi connectivity index (χ4v) is 1.72. The van der Waals surface area contributed by atoms with E-state index in [-0.39, 0.29) is 0 Å². The molecule has 0 saturated carbocycles. The number of aryl methyl sites for hydroxylation is 1. The number of hydrogen-bond donors (Lipinski definition) is 2. The van der Waals surface area contributed by atoms with Crippen LogP contribution in [0, 0.1) is 6.92 Å². The molecule has 0 bridgehead atoms. The smallest absolute Gasteiger partial charge is 0.120 e. The van der Waals surface area contributed by atoms with Gasteiger partial charge in [0.1, 0.15) is 5.82 Å². The molecule has 0 spiro atoms. The zero-order valence-electron chi connectivity index (χ0n) is 10.5. The Morgan fingerprint density at radius 3 is 2.71 bits per heavy atom. The van der Waals surface area contributed by atoms with E-state index < -0.39 is 0 Å². The van der Waals surface area contributed by atoms with Crippen LogP contribution < -0.4 is 5.32 Å². The molecule has 2 aromatic rings. The summed E-state index contributed by atoms with van der Waals surface area (Å²) < 4.78 is 0. The van der Waals surface area contributed by atoms with E-state index in [1.165, 1.54) is 11.1 Å². The van der Waals surface area contributed by atoms with Crippen LogP contribution in [0.5, 0.6) is 0 Å². The summed E-state index contributed by atoms with van der Waals surface area (Å²) in [6.45, 7) is 6.09. The van der Waals surface area contributed by atoms with Crippen LogP contribution >= 0.6 is 0 Å². The Morgan fingerprint density at radius 2 is 2.00 bits per heavy atom. The fraction of sp³-hybridized carbons (Fsp3) is 0.357. The standard InChI is InChI=1S/C14H19N3/c1-3-8-15-10-14-16-9-13(17-14)12-6-4-11(2)5-7-12/h4-7,9,15H,3,8,10H2,1-2H3,(H,16,17). The minimum absolute atomic E-state index is 0.805. The van der Waals surface area contributed by atoms with Crippen molar-refractivity contribution in [3.05, 3.63) is 41.9 Å². The topological polar surface area (TPSA) is 40.7 Å². The van der Waals surface area contributed by atoms with Gasteiger partial charge in [-0.25, -0.2) is 4.98 Å². The third-order valence-electron chi connectivity index (χ3n) is 2.71. The van der Waals surface area contributed by atoms with Crippen LogP contribution in [-0.2, 0) is 6.54 Å². The van der Waals surface area contributed by atoms with Gasteiger partial charge in [-0.3, -0.25) is 0 Å². The van der Waals surface area contributed by atoms with Gasteiger partial charge in [-0.15, -0.1) is 0 Å². The number of nitrogens with one attached hydrogen (secondary N) is 2. The first-order valence-corrected chi connectivity index (χ1v) is 6.11. The molecule has 1 aromatic carbocycles. The molecule has 3 nitrogen and oxygen atoms in total. The first-order chi connectivity index (χ1) is 8.29. The molecule has 2 rings (SSSR count). The highest BCUT2D eigenvalue weighted by Crippen LogP contribution is 2.17. The Kier molecular flexibility index (Phi) is 3.94. The molecule has 0 aliphatic heterocycles. The van der Waals surface area contributed by atoms with Gasteiger partial charge in [0.2, 0.25) is 0 Å². The first-order valence-electron chi connectivity index (χ1n) is 6.11. The van der Waals surface area contributed by atoms with E-state index in [0.29, 0.717) is 0 Å². The van der Waals surface area contributed by atoms with Gasteiger partial charge in [-0.2, -0.15) is 0 Å². The van der Waals surface area contributed by atoms with E-state index in [1.54, 1.807) is 0 Å². The highest BCUT2D eigenvalue weighted by atomic mass is 15.0. The summed E-state index contributed by atoms with van der Waals surface area (Å²) in [5, 5.41) is 3.33. The lowest BCUT2D eigenvalue weighted by atomic mass is 10.1. The molecule has 0 aliphatic carbocycles. The zero-order valence-corrected chi connectivity index (χ0v) is 10.5. The predicted octanol–water partition coefficient (Wildman–Crippen LogP) is 2.88. The van der Waals surface area contributed by atoms with Crippen molar-refractivity contribution in [3.63, 3.8) is 0 Å². The van der Waals surface area contributed by atoms with Crippen molar-refractivity contribution in [3.8, 4) is 11.3 Å². The van der Waals surface area contributed by atoms with Crippen molar-refractivity contribution in [2.45, 2.75) is 26.8 Å². The summed E-state index contributed by atoms with van der Waals surface area (Å²) in [4.78, 5) is 7.70. The Bertz CT molecular complexity index is 457. The van der Waals surface area contributed by atoms with E-state index in [1.807, 2.05) is 6.20 Å². The van der Waals surface area contributed by atoms with Gasteiger partial charge in [0, 0.05) is 0 Å². The molecule has 0 aliphatic rings. The lowest BCUT2D eigenvalue weighted by molar-refractivity contribution is 0.655. The van der Waals surface area contributed by atoms with Crippen LogP contribution in [-0.4, -0.2) is 16.5 Å². The highest BCUT2D eigenvalue weighted by molar-refractivity contribution is 5.58. The van der Waals surface area contributed by atoms with E-state index in [9.17, 15) is 0 Å². The number of nitrogens with zero attached hydrogens (tertiary/aromatic N) is 1. The minimum atomic E-state index is 0.805. The summed E-state index contributed by atoms with van der Waals surface area (Å²) in [6, 6.07) is 8.47. The average Bonchev–Trinajstić information content (AvgIpc) is 2.79. The molecule has 2 N–H and O–H groups in total. The summed E-state index contributed by atoms with van der Waals surface area (Å²) >= 11 is 0. The molecule has 17 heavy (non-hydrogen) atoms. The van der Waals surface area contributed by atoms with Gasteiger partial charge in [0.25, 0.3) is 0 Å². The Labute approximate surface area is 102 Å². The molecule has 1 aromatic heterocycles. The average molecular weight is 229 g/mol. The molecule has 1 heterocycles. The van der Waals surface area contributed by atoms with E-state index in [4.69, 9.17) is 0 Å². The van der Waals surface area contributed by atoms with Crippen LogP contribution in [0.1, 0.15) is 24.7 Å². The third-order valence-corrected chi connectivity index (χ3v) is 2.71. The summed E-state index contributed by atoms with van der Waals surface area (Å²) in [6.07, 6.45) is 3.04. The van der Waals surface area contributed by atoms with Crippen molar-refractivity contribution >= 4 is 0 Å². The SMILES string of the molecule is CCCNCc1ncc(-c2ccc(C)cc2)[nH]1. The van der Waals surface area contributed by atoms with Gasteiger partial charge < -0.3 is 10.3 Å². The number of rotatable bonds is 5. The largest absolute Gasteiger partial charge is 0.341 e. The number of imidazole rings is 1. The maximum Gasteiger partial charge on any atom is 0.120 e. The molecule has 0 atom stereocenters. The maximum absolute atomic E-state index is 4.37. The van der Waals surface area contributed by atoms with Gasteiger partial charge in [-0.1, -0.05) is 36.8 Å². The van der Waals surface area contributed by atoms with Crippen molar-refractivity contribution < 1.29 is 0 Å². The normalized spacial score (nSPS) is 10.7. The van der Waals surface area contributed by atoms with Crippen LogP contribution in [0.2, 0.25) is 0 Å². The van der Waals surface area contributed by atoms with E-state index in [0.717, 1.165) is 31.0 Å². The lowest BCUT2D eigenvalue weighted by Crippen LogP contribution is -2.14. The number of benzene rings is 1. The first kappa shape index (κ1) is 11.9. The fourth-order valence-electron chi connectivity index (χ4n) is 1.72. The van der Waals surface area contributed by atoms with Crippen LogP contribution in [0.4, 0.5) is 0 Å². The van der Waals surface area contributed by atoms with Crippen LogP contribution in [0.3, 0.4) is 0 Å². The minimum Gasteiger partial charge on any atom is -0.341 e. The van der Waals surface area contributed by atoms with Crippen molar-refractivity contribution in [1.29, 1.82) is 0 Å². The number of H-pyrrole nitrogens is 1. The van der Waals surface area contributed by atoms with Gasteiger partial charge >= 0.3 is 0 Å². The molecular weight excluding hydrogens is 210 g/mol. The third kappa shape index (κ3) is 3.17. The van der Waals surface area contributed by atoms with E-state index >= 15 is 0 Å². The van der Waals surface area contributed by atoms with Crippen molar-refractivity contribution in [1.82, 2.24) is 15.3 Å². The Morgan fingerprint density at radius 1 is 1.24 bits per heavy atom.